The highest BCUT2D eigenvalue weighted by Gasteiger charge is 2.09. The molecule has 0 aliphatic carbocycles. The highest BCUT2D eigenvalue weighted by atomic mass is 35.5. The summed E-state index contributed by atoms with van der Waals surface area (Å²) in [5.41, 5.74) is 0.479. The summed E-state index contributed by atoms with van der Waals surface area (Å²) < 4.78 is 18.4. The second-order valence-corrected chi connectivity index (χ2v) is 4.58. The topological polar surface area (TPSA) is 59.4 Å². The molecular weight excluding hydrogens is 281 g/mol. The zero-order valence-electron chi connectivity index (χ0n) is 8.89. The normalized spacial score (nSPS) is 10.3. The molecule has 0 amide bonds. The standard InChI is InChI=1S/C11H7ClFNO3S/c12-8-2-1-7(3-9(8)13)17-4-6-5-18-10(14-6)11(15)16/h1-3,5H,4H2,(H,15,16). The number of ether oxygens (including phenoxy) is 1. The van der Waals surface area contributed by atoms with Crippen molar-refractivity contribution >= 4 is 28.9 Å². The summed E-state index contributed by atoms with van der Waals surface area (Å²) in [6.45, 7) is 0.0743. The molecule has 18 heavy (non-hydrogen) atoms. The van der Waals surface area contributed by atoms with Gasteiger partial charge in [-0.25, -0.2) is 14.2 Å². The first kappa shape index (κ1) is 12.8. The van der Waals surface area contributed by atoms with Crippen LogP contribution in [0.1, 0.15) is 15.5 Å². The predicted octanol–water partition coefficient (Wildman–Crippen LogP) is 3.21. The molecule has 0 aliphatic rings. The van der Waals surface area contributed by atoms with Crippen molar-refractivity contribution in [3.63, 3.8) is 0 Å². The summed E-state index contributed by atoms with van der Waals surface area (Å²) in [7, 11) is 0. The fourth-order valence-electron chi connectivity index (χ4n) is 1.20. The minimum absolute atomic E-state index is 0.00381. The third-order valence-electron chi connectivity index (χ3n) is 2.01. The lowest BCUT2D eigenvalue weighted by atomic mass is 10.3. The van der Waals surface area contributed by atoms with Gasteiger partial charge in [-0.05, 0) is 12.1 Å². The lowest BCUT2D eigenvalue weighted by Gasteiger charge is -2.04. The zero-order valence-corrected chi connectivity index (χ0v) is 10.5. The van der Waals surface area contributed by atoms with Crippen molar-refractivity contribution in [2.24, 2.45) is 0 Å². The van der Waals surface area contributed by atoms with Gasteiger partial charge in [0, 0.05) is 11.4 Å². The number of carbonyl (C=O) groups is 1. The van der Waals surface area contributed by atoms with Gasteiger partial charge in [-0.2, -0.15) is 0 Å². The number of aromatic nitrogens is 1. The third kappa shape index (κ3) is 2.96. The number of benzene rings is 1. The van der Waals surface area contributed by atoms with Crippen molar-refractivity contribution in [3.05, 3.63) is 45.1 Å². The summed E-state index contributed by atoms with van der Waals surface area (Å²) in [6, 6.07) is 4.07. The molecule has 1 aromatic carbocycles. The van der Waals surface area contributed by atoms with Gasteiger partial charge in [0.25, 0.3) is 0 Å². The number of hydrogen-bond acceptors (Lipinski definition) is 4. The van der Waals surface area contributed by atoms with Crippen molar-refractivity contribution in [1.29, 1.82) is 0 Å². The van der Waals surface area contributed by atoms with Crippen LogP contribution in [0.4, 0.5) is 4.39 Å². The lowest BCUT2D eigenvalue weighted by molar-refractivity contribution is 0.0696. The Hall–Kier alpha value is -1.66. The van der Waals surface area contributed by atoms with Gasteiger partial charge in [0.2, 0.25) is 5.01 Å². The maximum atomic E-state index is 13.1. The molecule has 2 aromatic rings. The van der Waals surface area contributed by atoms with Crippen molar-refractivity contribution in [2.75, 3.05) is 0 Å². The van der Waals surface area contributed by atoms with Crippen LogP contribution in [-0.2, 0) is 6.61 Å². The molecule has 0 radical (unpaired) electrons. The minimum Gasteiger partial charge on any atom is -0.487 e. The van der Waals surface area contributed by atoms with E-state index in [1.54, 1.807) is 5.38 Å². The molecule has 1 aromatic heterocycles. The van der Waals surface area contributed by atoms with E-state index in [-0.39, 0.29) is 16.6 Å². The highest BCUT2D eigenvalue weighted by Crippen LogP contribution is 2.21. The van der Waals surface area contributed by atoms with Gasteiger partial charge in [0.15, 0.2) is 0 Å². The summed E-state index contributed by atoms with van der Waals surface area (Å²) in [4.78, 5) is 14.5. The van der Waals surface area contributed by atoms with E-state index in [1.165, 1.54) is 12.1 Å². The third-order valence-corrected chi connectivity index (χ3v) is 3.20. The zero-order chi connectivity index (χ0) is 13.1. The van der Waals surface area contributed by atoms with E-state index in [0.717, 1.165) is 17.4 Å². The van der Waals surface area contributed by atoms with Crippen LogP contribution >= 0.6 is 22.9 Å². The van der Waals surface area contributed by atoms with Crippen LogP contribution in [0.15, 0.2) is 23.6 Å². The molecule has 0 fully saturated rings. The van der Waals surface area contributed by atoms with Crippen LogP contribution in [0, 0.1) is 5.82 Å². The Morgan fingerprint density at radius 1 is 1.56 bits per heavy atom. The Kier molecular flexibility index (Phi) is 3.78. The summed E-state index contributed by atoms with van der Waals surface area (Å²) >= 11 is 6.54. The number of halogens is 2. The molecule has 0 bridgehead atoms. The molecule has 0 spiro atoms. The van der Waals surface area contributed by atoms with Crippen LogP contribution in [0.5, 0.6) is 5.75 Å². The van der Waals surface area contributed by atoms with Crippen molar-refractivity contribution in [2.45, 2.75) is 6.61 Å². The molecule has 0 saturated carbocycles. The quantitative estimate of drug-likeness (QED) is 0.938. The fourth-order valence-corrected chi connectivity index (χ4v) is 1.95. The number of rotatable bonds is 4. The van der Waals surface area contributed by atoms with Gasteiger partial charge >= 0.3 is 5.97 Å². The van der Waals surface area contributed by atoms with E-state index in [1.807, 2.05) is 0 Å². The van der Waals surface area contributed by atoms with Crippen LogP contribution in [0.3, 0.4) is 0 Å². The molecule has 1 N–H and O–H groups in total. The predicted molar refractivity (Wildman–Crippen MR) is 64.8 cm³/mol. The van der Waals surface area contributed by atoms with Crippen LogP contribution < -0.4 is 4.74 Å². The van der Waals surface area contributed by atoms with Gasteiger partial charge in [0.05, 0.1) is 10.7 Å². The SMILES string of the molecule is O=C(O)c1nc(COc2ccc(Cl)c(F)c2)cs1. The molecule has 0 unspecified atom stereocenters. The largest absolute Gasteiger partial charge is 0.487 e. The second kappa shape index (κ2) is 5.32. The molecule has 4 nitrogen and oxygen atoms in total. The average Bonchev–Trinajstić information content (AvgIpc) is 2.79. The number of carboxylic acids is 1. The molecule has 0 saturated heterocycles. The van der Waals surface area contributed by atoms with Gasteiger partial charge in [-0.15, -0.1) is 11.3 Å². The van der Waals surface area contributed by atoms with Gasteiger partial charge in [-0.3, -0.25) is 0 Å². The van der Waals surface area contributed by atoms with E-state index < -0.39 is 11.8 Å². The van der Waals surface area contributed by atoms with Gasteiger partial charge < -0.3 is 9.84 Å². The first-order valence-corrected chi connectivity index (χ1v) is 6.07. The molecule has 94 valence electrons. The van der Waals surface area contributed by atoms with Crippen LogP contribution in [0.25, 0.3) is 0 Å². The molecular formula is C11H7ClFNO3S. The smallest absolute Gasteiger partial charge is 0.365 e. The second-order valence-electron chi connectivity index (χ2n) is 3.31. The maximum absolute atomic E-state index is 13.1. The lowest BCUT2D eigenvalue weighted by Crippen LogP contribution is -1.99. The Labute approximate surface area is 111 Å². The van der Waals surface area contributed by atoms with E-state index in [9.17, 15) is 9.18 Å². The van der Waals surface area contributed by atoms with Crippen molar-refractivity contribution in [3.8, 4) is 5.75 Å². The molecule has 0 aliphatic heterocycles. The van der Waals surface area contributed by atoms with E-state index >= 15 is 0 Å². The molecule has 7 heteroatoms. The van der Waals surface area contributed by atoms with E-state index in [4.69, 9.17) is 21.4 Å². The first-order chi connectivity index (χ1) is 8.56. The Bertz CT molecular complexity index is 587. The molecule has 0 atom stereocenters. The average molecular weight is 288 g/mol. The van der Waals surface area contributed by atoms with Crippen molar-refractivity contribution < 1.29 is 19.0 Å². The Morgan fingerprint density at radius 3 is 2.94 bits per heavy atom. The monoisotopic (exact) mass is 287 g/mol. The summed E-state index contributed by atoms with van der Waals surface area (Å²) in [5, 5.41) is 10.3. The Balaban J connectivity index is 2.02. The van der Waals surface area contributed by atoms with E-state index in [2.05, 4.69) is 4.98 Å². The van der Waals surface area contributed by atoms with Crippen LogP contribution in [-0.4, -0.2) is 16.1 Å². The van der Waals surface area contributed by atoms with Crippen LogP contribution in [0.2, 0.25) is 5.02 Å². The number of hydrogen-bond donors (Lipinski definition) is 1. The first-order valence-electron chi connectivity index (χ1n) is 4.82. The number of aromatic carboxylic acids is 1. The molecule has 2 rings (SSSR count). The Morgan fingerprint density at radius 2 is 2.33 bits per heavy atom. The minimum atomic E-state index is -1.08. The highest BCUT2D eigenvalue weighted by molar-refractivity contribution is 7.11. The summed E-state index contributed by atoms with van der Waals surface area (Å²) in [5.74, 6) is -1.34. The number of thiazole rings is 1. The number of carboxylic acid groups (broad SMARTS) is 1. The maximum Gasteiger partial charge on any atom is 0.365 e. The van der Waals surface area contributed by atoms with E-state index in [0.29, 0.717) is 11.4 Å². The van der Waals surface area contributed by atoms with Gasteiger partial charge in [0.1, 0.15) is 18.2 Å². The fraction of sp³-hybridized carbons (Fsp3) is 0.0909. The number of nitrogens with zero attached hydrogens (tertiary/aromatic N) is 1. The molecule has 1 heterocycles. The summed E-state index contributed by atoms with van der Waals surface area (Å²) in [6.07, 6.45) is 0. The van der Waals surface area contributed by atoms with Gasteiger partial charge in [-0.1, -0.05) is 11.6 Å². The van der Waals surface area contributed by atoms with Crippen molar-refractivity contribution in [1.82, 2.24) is 4.98 Å².